The Morgan fingerprint density at radius 2 is 2.09 bits per heavy atom. The highest BCUT2D eigenvalue weighted by Gasteiger charge is 2.20. The van der Waals surface area contributed by atoms with Gasteiger partial charge in [-0.1, -0.05) is 19.8 Å². The molecule has 0 amide bonds. The lowest BCUT2D eigenvalue weighted by atomic mass is 9.86. The largest absolute Gasteiger partial charge is 0.497 e. The highest BCUT2D eigenvalue weighted by molar-refractivity contribution is 5.81. The van der Waals surface area contributed by atoms with Gasteiger partial charge in [-0.05, 0) is 36.5 Å². The average Bonchev–Trinajstić information content (AvgIpc) is 2.53. The summed E-state index contributed by atoms with van der Waals surface area (Å²) in [5, 5.41) is 4.59. The van der Waals surface area contributed by atoms with Crippen molar-refractivity contribution in [3.05, 3.63) is 40.2 Å². The Labute approximate surface area is 130 Å². The summed E-state index contributed by atoms with van der Waals surface area (Å²) in [6.45, 7) is 3.00. The minimum atomic E-state index is -0.311. The van der Waals surface area contributed by atoms with E-state index < -0.39 is 0 Å². The van der Waals surface area contributed by atoms with E-state index in [0.29, 0.717) is 29.8 Å². The van der Waals surface area contributed by atoms with Gasteiger partial charge >= 0.3 is 5.63 Å². The zero-order valence-electron chi connectivity index (χ0n) is 13.2. The van der Waals surface area contributed by atoms with Gasteiger partial charge in [0.1, 0.15) is 11.3 Å². The third-order valence-corrected chi connectivity index (χ3v) is 4.70. The van der Waals surface area contributed by atoms with E-state index in [2.05, 4.69) is 12.2 Å². The second kappa shape index (κ2) is 6.53. The molecule has 1 N–H and O–H groups in total. The Balaban J connectivity index is 1.85. The molecule has 0 bridgehead atoms. The first-order valence-corrected chi connectivity index (χ1v) is 8.01. The molecule has 4 nitrogen and oxygen atoms in total. The fourth-order valence-corrected chi connectivity index (χ4v) is 3.34. The van der Waals surface area contributed by atoms with Gasteiger partial charge in [-0.25, -0.2) is 4.79 Å². The van der Waals surface area contributed by atoms with Crippen LogP contribution in [0, 0.1) is 5.92 Å². The van der Waals surface area contributed by atoms with Crippen LogP contribution in [0.3, 0.4) is 0 Å². The van der Waals surface area contributed by atoms with Gasteiger partial charge in [0.15, 0.2) is 0 Å². The lowest BCUT2D eigenvalue weighted by molar-refractivity contribution is 0.279. The van der Waals surface area contributed by atoms with E-state index in [1.165, 1.54) is 25.7 Å². The molecule has 1 heterocycles. The molecule has 1 aromatic heterocycles. The summed E-state index contributed by atoms with van der Waals surface area (Å²) in [6.07, 6.45) is 5.12. The van der Waals surface area contributed by atoms with Crippen LogP contribution in [0.25, 0.3) is 11.0 Å². The van der Waals surface area contributed by atoms with Crippen molar-refractivity contribution >= 4 is 11.0 Å². The maximum Gasteiger partial charge on any atom is 0.336 e. The van der Waals surface area contributed by atoms with Gasteiger partial charge in [0.2, 0.25) is 0 Å². The molecule has 3 rings (SSSR count). The van der Waals surface area contributed by atoms with E-state index in [4.69, 9.17) is 9.15 Å². The Morgan fingerprint density at radius 1 is 1.27 bits per heavy atom. The van der Waals surface area contributed by atoms with Crippen molar-refractivity contribution in [3.63, 3.8) is 0 Å². The van der Waals surface area contributed by atoms with Crippen LogP contribution in [0.2, 0.25) is 0 Å². The zero-order valence-corrected chi connectivity index (χ0v) is 13.2. The van der Waals surface area contributed by atoms with Crippen molar-refractivity contribution < 1.29 is 9.15 Å². The van der Waals surface area contributed by atoms with E-state index >= 15 is 0 Å². The third-order valence-electron chi connectivity index (χ3n) is 4.70. The minimum absolute atomic E-state index is 0.311. The number of methoxy groups -OCH3 is 1. The van der Waals surface area contributed by atoms with Crippen LogP contribution < -0.4 is 15.7 Å². The van der Waals surface area contributed by atoms with Crippen LogP contribution >= 0.6 is 0 Å². The molecule has 4 heteroatoms. The van der Waals surface area contributed by atoms with Crippen LogP contribution in [0.5, 0.6) is 5.75 Å². The van der Waals surface area contributed by atoms with E-state index in [-0.39, 0.29) is 5.63 Å². The molecule has 1 fully saturated rings. The summed E-state index contributed by atoms with van der Waals surface area (Å²) >= 11 is 0. The van der Waals surface area contributed by atoms with Crippen molar-refractivity contribution in [3.8, 4) is 5.75 Å². The molecule has 22 heavy (non-hydrogen) atoms. The fourth-order valence-electron chi connectivity index (χ4n) is 3.34. The number of hydrogen-bond acceptors (Lipinski definition) is 4. The predicted octanol–water partition coefficient (Wildman–Crippen LogP) is 3.47. The second-order valence-electron chi connectivity index (χ2n) is 6.20. The number of benzene rings is 1. The van der Waals surface area contributed by atoms with Crippen molar-refractivity contribution in [2.75, 3.05) is 7.11 Å². The van der Waals surface area contributed by atoms with Crippen molar-refractivity contribution in [1.29, 1.82) is 0 Å². The van der Waals surface area contributed by atoms with E-state index in [1.807, 2.05) is 12.1 Å². The van der Waals surface area contributed by atoms with Crippen molar-refractivity contribution in [2.45, 2.75) is 45.2 Å². The summed E-state index contributed by atoms with van der Waals surface area (Å²) in [4.78, 5) is 11.8. The first kappa shape index (κ1) is 15.1. The number of rotatable bonds is 4. The normalized spacial score (nSPS) is 21.9. The Kier molecular flexibility index (Phi) is 4.48. The van der Waals surface area contributed by atoms with Crippen molar-refractivity contribution in [2.24, 2.45) is 5.92 Å². The molecule has 118 valence electrons. The topological polar surface area (TPSA) is 51.5 Å². The maximum absolute atomic E-state index is 11.8. The van der Waals surface area contributed by atoms with E-state index in [1.54, 1.807) is 19.2 Å². The first-order chi connectivity index (χ1) is 10.7. The van der Waals surface area contributed by atoms with Crippen molar-refractivity contribution in [1.82, 2.24) is 5.32 Å². The smallest absolute Gasteiger partial charge is 0.336 e. The third kappa shape index (κ3) is 3.17. The number of hydrogen-bond donors (Lipinski definition) is 1. The quantitative estimate of drug-likeness (QED) is 0.879. The summed E-state index contributed by atoms with van der Waals surface area (Å²) in [7, 11) is 1.61. The lowest BCUT2D eigenvalue weighted by Gasteiger charge is -2.29. The fraction of sp³-hybridized carbons (Fsp3) is 0.500. The van der Waals surface area contributed by atoms with E-state index in [0.717, 1.165) is 10.9 Å². The van der Waals surface area contributed by atoms with Crippen LogP contribution in [-0.2, 0) is 6.54 Å². The molecule has 0 radical (unpaired) electrons. The summed E-state index contributed by atoms with van der Waals surface area (Å²) in [5.74, 6) is 1.39. The highest BCUT2D eigenvalue weighted by Crippen LogP contribution is 2.25. The summed E-state index contributed by atoms with van der Waals surface area (Å²) in [5.41, 5.74) is 1.27. The molecular formula is C18H23NO3. The first-order valence-electron chi connectivity index (χ1n) is 8.01. The number of nitrogens with one attached hydrogen (secondary N) is 1. The Morgan fingerprint density at radius 3 is 2.86 bits per heavy atom. The van der Waals surface area contributed by atoms with Gasteiger partial charge in [-0.15, -0.1) is 0 Å². The Hall–Kier alpha value is -1.81. The van der Waals surface area contributed by atoms with Crippen LogP contribution in [0.1, 0.15) is 38.2 Å². The predicted molar refractivity (Wildman–Crippen MR) is 87.3 cm³/mol. The molecule has 1 aliphatic carbocycles. The minimum Gasteiger partial charge on any atom is -0.497 e. The molecule has 0 saturated heterocycles. The lowest BCUT2D eigenvalue weighted by Crippen LogP contribution is -2.36. The molecule has 1 aromatic carbocycles. The summed E-state index contributed by atoms with van der Waals surface area (Å²) < 4.78 is 10.5. The highest BCUT2D eigenvalue weighted by atomic mass is 16.5. The van der Waals surface area contributed by atoms with Gasteiger partial charge in [0.05, 0.1) is 7.11 Å². The average molecular weight is 301 g/mol. The number of fused-ring (bicyclic) bond motifs is 1. The maximum atomic E-state index is 11.8. The molecule has 1 aliphatic rings. The molecule has 0 unspecified atom stereocenters. The van der Waals surface area contributed by atoms with Crippen LogP contribution in [0.4, 0.5) is 0 Å². The van der Waals surface area contributed by atoms with Crippen LogP contribution in [0.15, 0.2) is 33.5 Å². The Bertz CT molecular complexity index is 707. The van der Waals surface area contributed by atoms with Gasteiger partial charge in [0, 0.05) is 30.1 Å². The van der Waals surface area contributed by atoms with Gasteiger partial charge in [0.25, 0.3) is 0 Å². The summed E-state index contributed by atoms with van der Waals surface area (Å²) in [6, 6.07) is 7.75. The van der Waals surface area contributed by atoms with Crippen LogP contribution in [-0.4, -0.2) is 13.2 Å². The zero-order chi connectivity index (χ0) is 15.5. The molecule has 0 aliphatic heterocycles. The molecule has 0 spiro atoms. The van der Waals surface area contributed by atoms with Gasteiger partial charge < -0.3 is 14.5 Å². The SMILES string of the molecule is COc1ccc2c(CN[C@H]3CCCC[C@H]3C)cc(=O)oc2c1. The molecule has 2 aromatic rings. The molecular weight excluding hydrogens is 278 g/mol. The molecule has 1 saturated carbocycles. The van der Waals surface area contributed by atoms with E-state index in [9.17, 15) is 4.79 Å². The second-order valence-corrected chi connectivity index (χ2v) is 6.20. The van der Waals surface area contributed by atoms with Gasteiger partial charge in [-0.3, -0.25) is 0 Å². The van der Waals surface area contributed by atoms with Gasteiger partial charge in [-0.2, -0.15) is 0 Å². The standard InChI is InChI=1S/C18H23NO3/c1-12-5-3-4-6-16(12)19-11-13-9-18(20)22-17-10-14(21-2)7-8-15(13)17/h7-10,12,16,19H,3-6,11H2,1-2H3/t12-,16+/m1/s1. The monoisotopic (exact) mass is 301 g/mol. The number of ether oxygens (including phenoxy) is 1. The molecule has 2 atom stereocenters.